The molecule has 2 amide bonds. The van der Waals surface area contributed by atoms with Crippen LogP contribution in [0.5, 0.6) is 0 Å². The van der Waals surface area contributed by atoms with Gasteiger partial charge in [0, 0.05) is 22.9 Å². The molecule has 1 rings (SSSR count). The first-order chi connectivity index (χ1) is 12.4. The lowest BCUT2D eigenvalue weighted by molar-refractivity contribution is -0.394. The second-order valence-corrected chi connectivity index (χ2v) is 6.86. The Kier molecular flexibility index (Phi) is 7.09. The Bertz CT molecular complexity index is 797. The zero-order valence-electron chi connectivity index (χ0n) is 15.4. The van der Waals surface area contributed by atoms with Crippen molar-refractivity contribution in [2.24, 2.45) is 5.10 Å². The molecular weight excluding hydrogens is 358 g/mol. The van der Waals surface area contributed by atoms with E-state index in [0.717, 1.165) is 18.2 Å². The van der Waals surface area contributed by atoms with E-state index in [9.17, 15) is 29.8 Å². The van der Waals surface area contributed by atoms with Crippen LogP contribution in [0.15, 0.2) is 23.3 Å². The quantitative estimate of drug-likeness (QED) is 0.418. The van der Waals surface area contributed by atoms with Gasteiger partial charge in [-0.2, -0.15) is 5.10 Å². The average molecular weight is 379 g/mol. The summed E-state index contributed by atoms with van der Waals surface area (Å²) in [4.78, 5) is 44.0. The molecule has 0 spiro atoms. The minimum Gasteiger partial charge on any atom is -0.351 e. The van der Waals surface area contributed by atoms with Crippen molar-refractivity contribution in [3.8, 4) is 0 Å². The van der Waals surface area contributed by atoms with Gasteiger partial charge in [-0.15, -0.1) is 0 Å². The molecular formula is C16H21N5O6. The molecule has 0 unspecified atom stereocenters. The molecule has 146 valence electrons. The summed E-state index contributed by atoms with van der Waals surface area (Å²) in [5.74, 6) is -0.911. The van der Waals surface area contributed by atoms with Crippen LogP contribution in [0, 0.1) is 20.2 Å². The number of non-ortho nitro benzene ring substituents is 1. The number of carbonyl (C=O) groups is 2. The molecule has 0 aliphatic heterocycles. The second kappa shape index (κ2) is 8.83. The van der Waals surface area contributed by atoms with Crippen LogP contribution in [0.4, 0.5) is 11.4 Å². The number of nitrogens with zero attached hydrogens (tertiary/aromatic N) is 3. The molecule has 1 aromatic carbocycles. The van der Waals surface area contributed by atoms with Crippen LogP contribution in [0.25, 0.3) is 0 Å². The Morgan fingerprint density at radius 1 is 1.11 bits per heavy atom. The molecule has 0 fully saturated rings. The SMILES string of the molecule is C/C(CC(=O)NC(C)(C)C)=N\NC(=O)Cc1ccc([N+](=O)[O-])cc1[N+](=O)[O-]. The molecule has 0 bridgehead atoms. The third kappa shape index (κ3) is 7.59. The van der Waals surface area contributed by atoms with Crippen LogP contribution in [0.1, 0.15) is 39.7 Å². The first kappa shape index (κ1) is 21.7. The van der Waals surface area contributed by atoms with Crippen molar-refractivity contribution in [3.05, 3.63) is 44.0 Å². The Morgan fingerprint density at radius 3 is 2.26 bits per heavy atom. The summed E-state index contributed by atoms with van der Waals surface area (Å²) in [6.45, 7) is 7.04. The first-order valence-electron chi connectivity index (χ1n) is 7.94. The number of hydrazone groups is 1. The first-order valence-corrected chi connectivity index (χ1v) is 7.94. The number of hydrogen-bond donors (Lipinski definition) is 2. The van der Waals surface area contributed by atoms with Gasteiger partial charge in [-0.25, -0.2) is 5.43 Å². The normalized spacial score (nSPS) is 11.6. The van der Waals surface area contributed by atoms with E-state index in [0.29, 0.717) is 5.71 Å². The number of nitrogens with one attached hydrogen (secondary N) is 2. The Balaban J connectivity index is 2.75. The van der Waals surface area contributed by atoms with E-state index in [1.165, 1.54) is 0 Å². The summed E-state index contributed by atoms with van der Waals surface area (Å²) in [6, 6.07) is 3.04. The van der Waals surface area contributed by atoms with Crippen LogP contribution in [-0.4, -0.2) is 32.9 Å². The summed E-state index contributed by atoms with van der Waals surface area (Å²) >= 11 is 0. The molecule has 1 aromatic rings. The second-order valence-electron chi connectivity index (χ2n) is 6.86. The largest absolute Gasteiger partial charge is 0.351 e. The van der Waals surface area contributed by atoms with Crippen molar-refractivity contribution >= 4 is 28.9 Å². The fraction of sp³-hybridized carbons (Fsp3) is 0.438. The molecule has 0 aromatic heterocycles. The number of nitro benzene ring substituents is 2. The fourth-order valence-electron chi connectivity index (χ4n) is 2.09. The van der Waals surface area contributed by atoms with E-state index in [2.05, 4.69) is 15.8 Å². The van der Waals surface area contributed by atoms with E-state index in [1.807, 2.05) is 20.8 Å². The van der Waals surface area contributed by atoms with Crippen molar-refractivity contribution in [3.63, 3.8) is 0 Å². The van der Waals surface area contributed by atoms with Gasteiger partial charge >= 0.3 is 0 Å². The molecule has 0 saturated heterocycles. The van der Waals surface area contributed by atoms with Crippen molar-refractivity contribution in [2.75, 3.05) is 0 Å². The lowest BCUT2D eigenvalue weighted by atomic mass is 10.1. The van der Waals surface area contributed by atoms with Crippen LogP contribution < -0.4 is 10.7 Å². The maximum absolute atomic E-state index is 11.9. The van der Waals surface area contributed by atoms with Gasteiger partial charge in [0.05, 0.1) is 28.8 Å². The summed E-state index contributed by atoms with van der Waals surface area (Å²) in [6.07, 6.45) is -0.408. The van der Waals surface area contributed by atoms with Crippen LogP contribution in [0.2, 0.25) is 0 Å². The van der Waals surface area contributed by atoms with Gasteiger partial charge in [0.15, 0.2) is 0 Å². The highest BCUT2D eigenvalue weighted by Crippen LogP contribution is 2.24. The highest BCUT2D eigenvalue weighted by Gasteiger charge is 2.21. The minimum absolute atomic E-state index is 0.0152. The lowest BCUT2D eigenvalue weighted by Crippen LogP contribution is -2.41. The number of rotatable bonds is 7. The molecule has 27 heavy (non-hydrogen) atoms. The number of carbonyl (C=O) groups excluding carboxylic acids is 2. The zero-order valence-corrected chi connectivity index (χ0v) is 15.4. The molecule has 11 heteroatoms. The summed E-state index contributed by atoms with van der Waals surface area (Å²) in [5, 5.41) is 28.3. The summed E-state index contributed by atoms with van der Waals surface area (Å²) < 4.78 is 0. The molecule has 2 N–H and O–H groups in total. The zero-order chi connectivity index (χ0) is 20.8. The summed E-state index contributed by atoms with van der Waals surface area (Å²) in [7, 11) is 0. The predicted octanol–water partition coefficient (Wildman–Crippen LogP) is 1.84. The third-order valence-electron chi connectivity index (χ3n) is 3.13. The molecule has 0 aliphatic carbocycles. The van der Waals surface area contributed by atoms with Crippen molar-refractivity contribution in [2.45, 2.75) is 46.1 Å². The number of hydrogen-bond acceptors (Lipinski definition) is 7. The van der Waals surface area contributed by atoms with Gasteiger partial charge < -0.3 is 5.32 Å². The van der Waals surface area contributed by atoms with Crippen molar-refractivity contribution < 1.29 is 19.4 Å². The van der Waals surface area contributed by atoms with E-state index in [4.69, 9.17) is 0 Å². The Morgan fingerprint density at radius 2 is 1.74 bits per heavy atom. The van der Waals surface area contributed by atoms with Crippen LogP contribution >= 0.6 is 0 Å². The molecule has 0 atom stereocenters. The smallest absolute Gasteiger partial charge is 0.279 e. The average Bonchev–Trinajstić information content (AvgIpc) is 2.50. The third-order valence-corrected chi connectivity index (χ3v) is 3.13. The van der Waals surface area contributed by atoms with Gasteiger partial charge in [0.25, 0.3) is 11.4 Å². The molecule has 11 nitrogen and oxygen atoms in total. The highest BCUT2D eigenvalue weighted by atomic mass is 16.6. The van der Waals surface area contributed by atoms with Gasteiger partial charge in [-0.1, -0.05) is 0 Å². The van der Waals surface area contributed by atoms with Crippen molar-refractivity contribution in [1.82, 2.24) is 10.7 Å². The standard InChI is InChI=1S/C16H21N5O6/c1-10(7-14(22)17-16(2,3)4)18-19-15(23)8-11-5-6-12(20(24)25)9-13(11)21(26)27/h5-6,9H,7-8H2,1-4H3,(H,17,22)(H,19,23)/b18-10+. The number of nitro groups is 2. The fourth-order valence-corrected chi connectivity index (χ4v) is 2.09. The predicted molar refractivity (Wildman–Crippen MR) is 97.2 cm³/mol. The maximum atomic E-state index is 11.9. The molecule has 0 saturated carbocycles. The van der Waals surface area contributed by atoms with E-state index < -0.39 is 32.7 Å². The minimum atomic E-state index is -0.791. The van der Waals surface area contributed by atoms with E-state index >= 15 is 0 Å². The lowest BCUT2D eigenvalue weighted by Gasteiger charge is -2.20. The molecule has 0 heterocycles. The van der Waals surface area contributed by atoms with Crippen LogP contribution in [-0.2, 0) is 16.0 Å². The monoisotopic (exact) mass is 379 g/mol. The topological polar surface area (TPSA) is 157 Å². The highest BCUT2D eigenvalue weighted by molar-refractivity contribution is 6.00. The number of benzene rings is 1. The molecule has 0 radical (unpaired) electrons. The van der Waals surface area contributed by atoms with Gasteiger partial charge in [-0.05, 0) is 33.8 Å². The summed E-state index contributed by atoms with van der Waals surface area (Å²) in [5.41, 5.74) is 1.22. The van der Waals surface area contributed by atoms with Gasteiger partial charge in [-0.3, -0.25) is 29.8 Å². The molecule has 0 aliphatic rings. The van der Waals surface area contributed by atoms with E-state index in [-0.39, 0.29) is 24.3 Å². The van der Waals surface area contributed by atoms with Gasteiger partial charge in [0.2, 0.25) is 11.8 Å². The van der Waals surface area contributed by atoms with Crippen LogP contribution in [0.3, 0.4) is 0 Å². The van der Waals surface area contributed by atoms with E-state index in [1.54, 1.807) is 6.92 Å². The van der Waals surface area contributed by atoms with Gasteiger partial charge in [0.1, 0.15) is 0 Å². The number of amides is 2. The Labute approximate surface area is 155 Å². The maximum Gasteiger partial charge on any atom is 0.279 e. The Hall–Kier alpha value is -3.37. The van der Waals surface area contributed by atoms with Crippen molar-refractivity contribution in [1.29, 1.82) is 0 Å².